The van der Waals surface area contributed by atoms with Gasteiger partial charge in [-0.25, -0.2) is 23.5 Å². The zero-order valence-electron chi connectivity index (χ0n) is 29.2. The maximum Gasteiger partial charge on any atom is 0.326 e. The summed E-state index contributed by atoms with van der Waals surface area (Å²) in [5, 5.41) is 3.46. The topological polar surface area (TPSA) is 179 Å². The number of thioether (sulfide) groups is 2. The molecule has 4 amide bonds. The minimum atomic E-state index is -0.891. The summed E-state index contributed by atoms with van der Waals surface area (Å²) in [6.07, 6.45) is 6.58. The SMILES string of the molecule is CSc1c(F)c(Cl)nc(Cl)c1C(=O)NC(=O)Nc1c(C)ccnc1C(C)C.CSc1c(F)c(Cl)nc(Cl)c1C(N)=O.Cc1ccnc(C(C)C)c1N. The third kappa shape index (κ3) is 11.3. The number of anilines is 2. The second kappa shape index (κ2) is 20.1. The molecule has 0 aliphatic carbocycles. The van der Waals surface area contributed by atoms with Crippen LogP contribution < -0.4 is 22.1 Å². The van der Waals surface area contributed by atoms with Crippen LogP contribution in [0.4, 0.5) is 25.0 Å². The largest absolute Gasteiger partial charge is 0.397 e. The lowest BCUT2D eigenvalue weighted by Crippen LogP contribution is -2.35. The van der Waals surface area contributed by atoms with Gasteiger partial charge < -0.3 is 16.8 Å². The molecule has 11 nitrogen and oxygen atoms in total. The number of rotatable bonds is 7. The second-order valence-corrected chi connectivity index (χ2v) is 14.3. The van der Waals surface area contributed by atoms with E-state index in [1.165, 1.54) is 0 Å². The molecule has 0 saturated carbocycles. The quantitative estimate of drug-likeness (QED) is 0.104. The Labute approximate surface area is 328 Å². The molecule has 0 aliphatic rings. The Balaban J connectivity index is 0.000000310. The number of primary amides is 1. The van der Waals surface area contributed by atoms with Gasteiger partial charge in [0.1, 0.15) is 10.3 Å². The number of carbonyl (C=O) groups is 3. The van der Waals surface area contributed by atoms with Crippen LogP contribution in [0.15, 0.2) is 34.3 Å². The molecule has 0 spiro atoms. The number of urea groups is 1. The Morgan fingerprint density at radius 1 is 0.750 bits per heavy atom. The van der Waals surface area contributed by atoms with Gasteiger partial charge >= 0.3 is 6.03 Å². The summed E-state index contributed by atoms with van der Waals surface area (Å²) in [4.78, 5) is 51.2. The molecular weight excluding hydrogens is 800 g/mol. The number of carbonyl (C=O) groups excluding carboxylic acids is 3. The van der Waals surface area contributed by atoms with Crippen molar-refractivity contribution in [2.45, 2.75) is 63.2 Å². The average molecular weight is 837 g/mol. The highest BCUT2D eigenvalue weighted by Crippen LogP contribution is 2.33. The second-order valence-electron chi connectivity index (χ2n) is 11.2. The number of nitrogens with two attached hydrogens (primary N) is 2. The highest BCUT2D eigenvalue weighted by atomic mass is 35.5. The van der Waals surface area contributed by atoms with Gasteiger partial charge in [-0.3, -0.25) is 24.9 Å². The smallest absolute Gasteiger partial charge is 0.326 e. The van der Waals surface area contributed by atoms with Gasteiger partial charge in [-0.05, 0) is 61.5 Å². The number of hydrogen-bond acceptors (Lipinski definition) is 10. The Morgan fingerprint density at radius 3 is 1.63 bits per heavy atom. The van der Waals surface area contributed by atoms with E-state index < -0.39 is 34.6 Å². The average Bonchev–Trinajstić information content (AvgIpc) is 3.06. The molecule has 0 atom stereocenters. The fraction of sp³-hybridized carbons (Fsp3) is 0.303. The summed E-state index contributed by atoms with van der Waals surface area (Å²) >= 11 is 24.6. The Bertz CT molecular complexity index is 1970. The van der Waals surface area contributed by atoms with Gasteiger partial charge in [-0.2, -0.15) is 0 Å². The molecule has 280 valence electrons. The first-order valence-electron chi connectivity index (χ1n) is 15.0. The normalized spacial score (nSPS) is 10.6. The third-order valence-corrected chi connectivity index (χ3v) is 9.52. The van der Waals surface area contributed by atoms with E-state index in [-0.39, 0.29) is 42.3 Å². The van der Waals surface area contributed by atoms with Crippen molar-refractivity contribution in [1.82, 2.24) is 25.3 Å². The summed E-state index contributed by atoms with van der Waals surface area (Å²) in [7, 11) is 0. The monoisotopic (exact) mass is 834 g/mol. The summed E-state index contributed by atoms with van der Waals surface area (Å²) in [6.45, 7) is 11.9. The van der Waals surface area contributed by atoms with Gasteiger partial charge in [-0.1, -0.05) is 74.1 Å². The third-order valence-electron chi connectivity index (χ3n) is 6.89. The van der Waals surface area contributed by atoms with Gasteiger partial charge in [0.15, 0.2) is 21.9 Å². The van der Waals surface area contributed by atoms with Crippen molar-refractivity contribution in [2.24, 2.45) is 5.73 Å². The van der Waals surface area contributed by atoms with Gasteiger partial charge in [-0.15, -0.1) is 23.5 Å². The van der Waals surface area contributed by atoms with Gasteiger partial charge in [0.05, 0.1) is 43.7 Å². The highest BCUT2D eigenvalue weighted by molar-refractivity contribution is 7.99. The van der Waals surface area contributed by atoms with Crippen LogP contribution >= 0.6 is 69.9 Å². The van der Waals surface area contributed by atoms with Crippen LogP contribution in [-0.2, 0) is 0 Å². The first-order valence-corrected chi connectivity index (χ1v) is 19.0. The fourth-order valence-corrected chi connectivity index (χ4v) is 6.86. The summed E-state index contributed by atoms with van der Waals surface area (Å²) in [5.74, 6) is -2.90. The molecule has 4 rings (SSSR count). The first-order chi connectivity index (χ1) is 24.3. The van der Waals surface area contributed by atoms with E-state index >= 15 is 0 Å². The number of nitrogens with one attached hydrogen (secondary N) is 2. The number of nitrogen functional groups attached to an aromatic ring is 1. The zero-order chi connectivity index (χ0) is 39.6. The first kappa shape index (κ1) is 44.7. The molecule has 0 bridgehead atoms. The molecule has 52 heavy (non-hydrogen) atoms. The standard InChI is InChI=1S/C17H17Cl2FN4O2S.C9H14N2.C7H5Cl2FN2OS/c1-7(2)11-12(8(3)5-6-21-11)22-17(26)24-16(25)9-13(27-4)10(20)15(19)23-14(9)18;1-6(2)9-8(10)7(3)4-5-11-9;1-14-4-2(7(11)13)5(8)12-6(9)3(4)10/h5-7H,1-4H3,(H2,22,24,25,26);4-6H,10H2,1-3H3;1H3,(H2,11,13). The van der Waals surface area contributed by atoms with Crippen LogP contribution in [0.25, 0.3) is 0 Å². The number of amides is 4. The molecule has 0 fully saturated rings. The minimum absolute atomic E-state index is 0.0162. The van der Waals surface area contributed by atoms with Crippen molar-refractivity contribution in [3.63, 3.8) is 0 Å². The molecule has 0 aliphatic heterocycles. The summed E-state index contributed by atoms with van der Waals surface area (Å²) < 4.78 is 27.4. The number of hydrogen-bond donors (Lipinski definition) is 4. The zero-order valence-corrected chi connectivity index (χ0v) is 33.9. The van der Waals surface area contributed by atoms with Gasteiger partial charge in [0.2, 0.25) is 0 Å². The summed E-state index contributed by atoms with van der Waals surface area (Å²) in [6, 6.07) is 2.88. The van der Waals surface area contributed by atoms with E-state index in [4.69, 9.17) is 57.9 Å². The van der Waals surface area contributed by atoms with Crippen molar-refractivity contribution >= 4 is 99.1 Å². The van der Waals surface area contributed by atoms with Gasteiger partial charge in [0, 0.05) is 12.4 Å². The van der Waals surface area contributed by atoms with Crippen LogP contribution in [0.3, 0.4) is 0 Å². The van der Waals surface area contributed by atoms with E-state index in [0.29, 0.717) is 17.3 Å². The van der Waals surface area contributed by atoms with Crippen molar-refractivity contribution in [1.29, 1.82) is 0 Å². The number of aromatic nitrogens is 4. The Kier molecular flexibility index (Phi) is 17.3. The van der Waals surface area contributed by atoms with Crippen LogP contribution in [0.2, 0.25) is 20.6 Å². The molecule has 19 heteroatoms. The molecule has 0 saturated heterocycles. The fourth-order valence-electron chi connectivity index (χ4n) is 4.31. The van der Waals surface area contributed by atoms with Crippen molar-refractivity contribution in [3.05, 3.63) is 90.4 Å². The van der Waals surface area contributed by atoms with E-state index in [2.05, 4.69) is 44.4 Å². The predicted molar refractivity (Wildman–Crippen MR) is 208 cm³/mol. The predicted octanol–water partition coefficient (Wildman–Crippen LogP) is 9.48. The van der Waals surface area contributed by atoms with Crippen LogP contribution in [0.1, 0.15) is 82.8 Å². The number of pyridine rings is 4. The Hall–Kier alpha value is -3.47. The van der Waals surface area contributed by atoms with Crippen LogP contribution in [0, 0.1) is 25.5 Å². The molecule has 4 aromatic heterocycles. The summed E-state index contributed by atoms with van der Waals surface area (Å²) in [5.41, 5.74) is 15.4. The van der Waals surface area contributed by atoms with Crippen LogP contribution in [-0.4, -0.2) is 50.3 Å². The number of aryl methyl sites for hydroxylation is 2. The molecule has 0 radical (unpaired) electrons. The van der Waals surface area contributed by atoms with E-state index in [9.17, 15) is 23.2 Å². The lowest BCUT2D eigenvalue weighted by atomic mass is 10.1. The van der Waals surface area contributed by atoms with Crippen molar-refractivity contribution in [3.8, 4) is 0 Å². The van der Waals surface area contributed by atoms with Crippen molar-refractivity contribution < 1.29 is 23.2 Å². The lowest BCUT2D eigenvalue weighted by molar-refractivity contribution is 0.0961. The Morgan fingerprint density at radius 2 is 1.19 bits per heavy atom. The molecule has 0 unspecified atom stereocenters. The minimum Gasteiger partial charge on any atom is -0.397 e. The molecular formula is C33H36Cl4F2N8O3S2. The maximum absolute atomic E-state index is 14.1. The molecule has 4 heterocycles. The van der Waals surface area contributed by atoms with Crippen molar-refractivity contribution in [2.75, 3.05) is 23.6 Å². The van der Waals surface area contributed by atoms with Gasteiger partial charge in [0.25, 0.3) is 11.8 Å². The van der Waals surface area contributed by atoms with E-state index in [0.717, 1.165) is 46.0 Å². The highest BCUT2D eigenvalue weighted by Gasteiger charge is 2.25. The molecule has 0 aromatic carbocycles. The molecule has 4 aromatic rings. The van der Waals surface area contributed by atoms with E-state index in [1.54, 1.807) is 31.0 Å². The van der Waals surface area contributed by atoms with Crippen LogP contribution in [0.5, 0.6) is 0 Å². The number of nitrogens with zero attached hydrogens (tertiary/aromatic N) is 4. The molecule has 6 N–H and O–H groups in total. The maximum atomic E-state index is 14.1. The number of imide groups is 1. The number of halogens is 6. The lowest BCUT2D eigenvalue weighted by Gasteiger charge is -2.16. The van der Waals surface area contributed by atoms with E-state index in [1.807, 2.05) is 33.8 Å².